The Hall–Kier alpha value is -0.500. The zero-order valence-electron chi connectivity index (χ0n) is 16.0. The molecule has 4 saturated carbocycles. The van der Waals surface area contributed by atoms with Crippen LogP contribution in [0, 0.1) is 40.4 Å². The summed E-state index contributed by atoms with van der Waals surface area (Å²) in [6, 6.07) is 0. The van der Waals surface area contributed by atoms with Gasteiger partial charge in [0.15, 0.2) is 0 Å². The average Bonchev–Trinajstić information content (AvgIpc) is 2.84. The first-order valence-electron chi connectivity index (χ1n) is 10.3. The molecule has 2 nitrogen and oxygen atoms in total. The largest absolute Gasteiger partial charge is 0.516 e. The third-order valence-corrected chi connectivity index (χ3v) is 8.88. The molecule has 0 bridgehead atoms. The van der Waals surface area contributed by atoms with Crippen LogP contribution in [0.5, 0.6) is 0 Å². The van der Waals surface area contributed by atoms with E-state index < -0.39 is 0 Å². The molecule has 138 valence electrons. The highest BCUT2D eigenvalue weighted by Crippen LogP contribution is 2.66. The minimum Gasteiger partial charge on any atom is -0.516 e. The zero-order valence-corrected chi connectivity index (χ0v) is 16.0. The summed E-state index contributed by atoms with van der Waals surface area (Å²) in [6.45, 7) is 10.4. The van der Waals surface area contributed by atoms with Crippen molar-refractivity contribution in [2.45, 2.75) is 84.7 Å². The molecule has 4 aliphatic rings. The van der Waals surface area contributed by atoms with Crippen LogP contribution in [0.25, 0.3) is 0 Å². The fourth-order valence-corrected chi connectivity index (χ4v) is 7.44. The average molecular weight is 335 g/mol. The van der Waals surface area contributed by atoms with Crippen molar-refractivity contribution in [3.05, 3.63) is 12.8 Å². The third-order valence-electron chi connectivity index (χ3n) is 8.88. The summed E-state index contributed by atoms with van der Waals surface area (Å²) in [4.78, 5) is 0. The molecule has 0 aromatic rings. The molecule has 0 aromatic heterocycles. The van der Waals surface area contributed by atoms with Gasteiger partial charge in [-0.2, -0.15) is 0 Å². The summed E-state index contributed by atoms with van der Waals surface area (Å²) in [5.74, 6) is 4.67. The first kappa shape index (κ1) is 18.3. The van der Waals surface area contributed by atoms with Crippen LogP contribution in [0.3, 0.4) is 0 Å². The molecule has 4 aliphatic carbocycles. The smallest absolute Gasteiger partial charge is 0.0719 e. The molecule has 0 amide bonds. The van der Waals surface area contributed by atoms with Gasteiger partial charge < -0.3 is 10.2 Å². The van der Waals surface area contributed by atoms with Crippen LogP contribution in [0.2, 0.25) is 0 Å². The van der Waals surface area contributed by atoms with Crippen LogP contribution in [0.1, 0.15) is 78.6 Å². The Morgan fingerprint density at radius 3 is 2.25 bits per heavy atom. The maximum absolute atomic E-state index is 10.5. The summed E-state index contributed by atoms with van der Waals surface area (Å²) in [5, 5.41) is 17.8. The molecular weight excluding hydrogens is 296 g/mol. The Bertz CT molecular complexity index is 461. The van der Waals surface area contributed by atoms with Crippen molar-refractivity contribution in [3.8, 4) is 0 Å². The van der Waals surface area contributed by atoms with Gasteiger partial charge in [-0.15, -0.1) is 0 Å². The van der Waals surface area contributed by atoms with Crippen LogP contribution in [0.15, 0.2) is 12.8 Å². The molecule has 0 aromatic carbocycles. The van der Waals surface area contributed by atoms with Gasteiger partial charge in [-0.1, -0.05) is 33.8 Å². The van der Waals surface area contributed by atoms with Gasteiger partial charge in [0, 0.05) is 0 Å². The van der Waals surface area contributed by atoms with Crippen molar-refractivity contribution < 1.29 is 10.2 Å². The van der Waals surface area contributed by atoms with E-state index in [1.165, 1.54) is 51.4 Å². The molecule has 2 heteroatoms. The van der Waals surface area contributed by atoms with Crippen LogP contribution in [-0.2, 0) is 0 Å². The van der Waals surface area contributed by atoms with E-state index in [9.17, 15) is 5.11 Å². The van der Waals surface area contributed by atoms with Gasteiger partial charge in [0.2, 0.25) is 0 Å². The van der Waals surface area contributed by atoms with Crippen LogP contribution < -0.4 is 0 Å². The number of fused-ring (bicyclic) bond motifs is 5. The van der Waals surface area contributed by atoms with Crippen molar-refractivity contribution >= 4 is 0 Å². The normalized spacial score (nSPS) is 53.0. The second-order valence-corrected chi connectivity index (χ2v) is 9.86. The molecule has 0 saturated heterocycles. The van der Waals surface area contributed by atoms with Gasteiger partial charge in [0.1, 0.15) is 0 Å². The van der Waals surface area contributed by atoms with E-state index in [-0.39, 0.29) is 11.5 Å². The number of hydrogen-bond acceptors (Lipinski definition) is 2. The maximum atomic E-state index is 10.5. The van der Waals surface area contributed by atoms with E-state index >= 15 is 0 Å². The SMILES string of the molecule is C=CO.C[C@@H]1CC[C@]2(C)C3CC[C@]4(C)C(O)CCC4C3CC[C@@H]2C1. The summed E-state index contributed by atoms with van der Waals surface area (Å²) in [7, 11) is 0. The molecule has 4 rings (SSSR count). The Labute approximate surface area is 148 Å². The zero-order chi connectivity index (χ0) is 17.5. The Morgan fingerprint density at radius 1 is 0.917 bits per heavy atom. The van der Waals surface area contributed by atoms with E-state index in [1.54, 1.807) is 0 Å². The highest BCUT2D eigenvalue weighted by atomic mass is 16.3. The van der Waals surface area contributed by atoms with Crippen molar-refractivity contribution in [3.63, 3.8) is 0 Å². The lowest BCUT2D eigenvalue weighted by molar-refractivity contribution is -0.125. The van der Waals surface area contributed by atoms with Crippen LogP contribution in [0.4, 0.5) is 0 Å². The lowest BCUT2D eigenvalue weighted by atomic mass is 9.44. The predicted molar refractivity (Wildman–Crippen MR) is 99.7 cm³/mol. The molecule has 4 unspecified atom stereocenters. The van der Waals surface area contributed by atoms with E-state index in [0.29, 0.717) is 5.41 Å². The van der Waals surface area contributed by atoms with E-state index in [0.717, 1.165) is 42.3 Å². The Morgan fingerprint density at radius 2 is 1.54 bits per heavy atom. The fraction of sp³-hybridized carbons (Fsp3) is 0.909. The lowest BCUT2D eigenvalue weighted by Gasteiger charge is -2.60. The molecule has 0 aliphatic heterocycles. The first-order valence-corrected chi connectivity index (χ1v) is 10.3. The van der Waals surface area contributed by atoms with Gasteiger partial charge in [-0.25, -0.2) is 0 Å². The summed E-state index contributed by atoms with van der Waals surface area (Å²) in [6.07, 6.45) is 13.2. The molecule has 4 fully saturated rings. The molecule has 2 N–H and O–H groups in total. The Balaban J connectivity index is 0.000000526. The van der Waals surface area contributed by atoms with Crippen molar-refractivity contribution in [1.29, 1.82) is 0 Å². The van der Waals surface area contributed by atoms with E-state index in [2.05, 4.69) is 27.4 Å². The fourth-order valence-electron chi connectivity index (χ4n) is 7.44. The minimum absolute atomic E-state index is 0.0136. The third kappa shape index (κ3) is 2.73. The van der Waals surface area contributed by atoms with Crippen molar-refractivity contribution in [2.75, 3.05) is 0 Å². The van der Waals surface area contributed by atoms with Gasteiger partial charge >= 0.3 is 0 Å². The van der Waals surface area contributed by atoms with E-state index in [1.807, 2.05) is 0 Å². The topological polar surface area (TPSA) is 40.5 Å². The number of hydrogen-bond donors (Lipinski definition) is 2. The first-order chi connectivity index (χ1) is 11.4. The second-order valence-electron chi connectivity index (χ2n) is 9.86. The molecule has 8 atom stereocenters. The number of aliphatic hydroxyl groups excluding tert-OH is 2. The molecule has 24 heavy (non-hydrogen) atoms. The molecular formula is C22H38O2. The van der Waals surface area contributed by atoms with Gasteiger partial charge in [0.05, 0.1) is 12.4 Å². The van der Waals surface area contributed by atoms with Crippen molar-refractivity contribution in [2.24, 2.45) is 40.4 Å². The van der Waals surface area contributed by atoms with Gasteiger partial charge in [-0.3, -0.25) is 0 Å². The van der Waals surface area contributed by atoms with Gasteiger partial charge in [0.25, 0.3) is 0 Å². The maximum Gasteiger partial charge on any atom is 0.0719 e. The molecule has 0 heterocycles. The summed E-state index contributed by atoms with van der Waals surface area (Å²) >= 11 is 0. The highest BCUT2D eigenvalue weighted by Gasteiger charge is 2.59. The Kier molecular flexibility index (Phi) is 5.08. The molecule has 0 spiro atoms. The number of aliphatic hydroxyl groups is 2. The summed E-state index contributed by atoms with van der Waals surface area (Å²) < 4.78 is 0. The number of rotatable bonds is 0. The van der Waals surface area contributed by atoms with Crippen LogP contribution >= 0.6 is 0 Å². The summed E-state index contributed by atoms with van der Waals surface area (Å²) in [5.41, 5.74) is 0.886. The second kappa shape index (κ2) is 6.67. The molecule has 0 radical (unpaired) electrons. The van der Waals surface area contributed by atoms with Crippen molar-refractivity contribution in [1.82, 2.24) is 0 Å². The quantitative estimate of drug-likeness (QED) is 0.557. The van der Waals surface area contributed by atoms with E-state index in [4.69, 9.17) is 5.11 Å². The highest BCUT2D eigenvalue weighted by molar-refractivity contribution is 5.09. The predicted octanol–water partition coefficient (Wildman–Crippen LogP) is 5.71. The van der Waals surface area contributed by atoms with Crippen LogP contribution in [-0.4, -0.2) is 16.3 Å². The van der Waals surface area contributed by atoms with Gasteiger partial charge in [-0.05, 0) is 91.8 Å². The standard InChI is InChI=1S/C20H34O.C2H4O/c1-13-8-10-19(2)14(12-13)4-5-15-16-6-7-18(21)20(16,3)11-9-17(15)19;1-2-3/h13-18,21H,4-12H2,1-3H3;2-3H,1H2/t13-,14-,15?,16?,17?,18?,19+,20+;/m1./s1. The lowest BCUT2D eigenvalue weighted by Crippen LogP contribution is -2.53. The monoisotopic (exact) mass is 334 g/mol. The minimum atomic E-state index is -0.0136.